The highest BCUT2D eigenvalue weighted by atomic mass is 32.2. The Morgan fingerprint density at radius 2 is 2.05 bits per heavy atom. The van der Waals surface area contributed by atoms with Gasteiger partial charge < -0.3 is 10.2 Å². The number of aromatic carboxylic acids is 1. The molecule has 1 aromatic rings. The number of aliphatic hydroxyl groups is 1. The molecule has 2 atom stereocenters. The third-order valence-electron chi connectivity index (χ3n) is 3.71. The molecule has 0 saturated heterocycles. The summed E-state index contributed by atoms with van der Waals surface area (Å²) in [5.41, 5.74) is -0.0696. The van der Waals surface area contributed by atoms with Gasteiger partial charge in [-0.15, -0.1) is 0 Å². The predicted octanol–water partition coefficient (Wildman–Crippen LogP) is 0.609. The number of pyridine rings is 1. The molecule has 116 valence electrons. The molecule has 2 unspecified atom stereocenters. The van der Waals surface area contributed by atoms with E-state index in [1.54, 1.807) is 0 Å². The maximum Gasteiger partial charge on any atom is 0.337 e. The number of carbonyl (C=O) groups is 1. The largest absolute Gasteiger partial charge is 0.478 e. The zero-order valence-corrected chi connectivity index (χ0v) is 12.2. The number of carboxylic acids is 1. The highest BCUT2D eigenvalue weighted by molar-refractivity contribution is 7.89. The van der Waals surface area contributed by atoms with Gasteiger partial charge in [0.15, 0.2) is 5.03 Å². The lowest BCUT2D eigenvalue weighted by atomic mass is 9.86. The Morgan fingerprint density at radius 1 is 1.33 bits per heavy atom. The highest BCUT2D eigenvalue weighted by Gasteiger charge is 2.29. The average Bonchev–Trinajstić information content (AvgIpc) is 2.47. The summed E-state index contributed by atoms with van der Waals surface area (Å²) >= 11 is 0. The Balaban J connectivity index is 2.15. The molecular weight excluding hydrogens is 296 g/mol. The quantitative estimate of drug-likeness (QED) is 0.733. The lowest BCUT2D eigenvalue weighted by molar-refractivity contribution is 0.0696. The fourth-order valence-electron chi connectivity index (χ4n) is 2.51. The number of nitrogens with one attached hydrogen (secondary N) is 1. The van der Waals surface area contributed by atoms with E-state index < -0.39 is 16.0 Å². The Kier molecular flexibility index (Phi) is 4.92. The minimum Gasteiger partial charge on any atom is -0.478 e. The average molecular weight is 314 g/mol. The number of aromatic nitrogens is 1. The summed E-state index contributed by atoms with van der Waals surface area (Å²) in [6, 6.07) is 2.06. The molecule has 21 heavy (non-hydrogen) atoms. The lowest BCUT2D eigenvalue weighted by Gasteiger charge is -2.30. The van der Waals surface area contributed by atoms with Crippen LogP contribution in [0.15, 0.2) is 23.4 Å². The number of nitrogens with zero attached hydrogens (tertiary/aromatic N) is 1. The van der Waals surface area contributed by atoms with Crippen molar-refractivity contribution in [2.75, 3.05) is 6.61 Å². The number of hydrogen-bond donors (Lipinski definition) is 3. The van der Waals surface area contributed by atoms with E-state index in [4.69, 9.17) is 5.11 Å². The molecule has 0 radical (unpaired) electrons. The van der Waals surface area contributed by atoms with E-state index >= 15 is 0 Å². The summed E-state index contributed by atoms with van der Waals surface area (Å²) < 4.78 is 27.0. The summed E-state index contributed by atoms with van der Waals surface area (Å²) in [7, 11) is -3.81. The Bertz CT molecular complexity index is 599. The normalized spacial score (nSPS) is 22.9. The lowest BCUT2D eigenvalue weighted by Crippen LogP contribution is -2.43. The van der Waals surface area contributed by atoms with E-state index in [1.807, 2.05) is 0 Å². The first-order chi connectivity index (χ1) is 9.94. The molecule has 1 fully saturated rings. The first-order valence-electron chi connectivity index (χ1n) is 6.76. The SMILES string of the molecule is O=C(O)c1ccc(S(=O)(=O)NC2CCCCC2CO)nc1. The smallest absolute Gasteiger partial charge is 0.337 e. The zero-order chi connectivity index (χ0) is 15.5. The molecule has 8 heteroatoms. The number of rotatable bonds is 5. The van der Waals surface area contributed by atoms with Crippen molar-refractivity contribution in [3.63, 3.8) is 0 Å². The Labute approximate surface area is 123 Å². The fourth-order valence-corrected chi connectivity index (χ4v) is 3.78. The second-order valence-corrected chi connectivity index (χ2v) is 6.81. The number of hydrogen-bond acceptors (Lipinski definition) is 5. The van der Waals surface area contributed by atoms with Gasteiger partial charge in [-0.1, -0.05) is 12.8 Å². The maximum absolute atomic E-state index is 12.2. The van der Waals surface area contributed by atoms with E-state index in [1.165, 1.54) is 12.1 Å². The molecule has 1 saturated carbocycles. The van der Waals surface area contributed by atoms with Crippen molar-refractivity contribution < 1.29 is 23.4 Å². The molecule has 1 aromatic heterocycles. The van der Waals surface area contributed by atoms with Crippen LogP contribution in [-0.2, 0) is 10.0 Å². The molecule has 1 heterocycles. The molecule has 7 nitrogen and oxygen atoms in total. The standard InChI is InChI=1S/C13H18N2O5S/c16-8-10-3-1-2-4-11(10)15-21(19,20)12-6-5-9(7-14-12)13(17)18/h5-7,10-11,15-16H,1-4,8H2,(H,17,18). The van der Waals surface area contributed by atoms with Crippen LogP contribution in [0, 0.1) is 5.92 Å². The van der Waals surface area contributed by atoms with Crippen LogP contribution in [-0.4, -0.2) is 42.2 Å². The van der Waals surface area contributed by atoms with Crippen molar-refractivity contribution in [1.82, 2.24) is 9.71 Å². The zero-order valence-electron chi connectivity index (χ0n) is 11.4. The van der Waals surface area contributed by atoms with Gasteiger partial charge in [-0.2, -0.15) is 0 Å². The van der Waals surface area contributed by atoms with Gasteiger partial charge in [0.2, 0.25) is 0 Å². The van der Waals surface area contributed by atoms with E-state index in [0.29, 0.717) is 6.42 Å². The van der Waals surface area contributed by atoms with Crippen molar-refractivity contribution >= 4 is 16.0 Å². The maximum atomic E-state index is 12.2. The number of aliphatic hydroxyl groups excluding tert-OH is 1. The van der Waals surface area contributed by atoms with E-state index in [0.717, 1.165) is 25.5 Å². The summed E-state index contributed by atoms with van der Waals surface area (Å²) in [5, 5.41) is 17.9. The molecule has 0 aromatic carbocycles. The second kappa shape index (κ2) is 6.50. The van der Waals surface area contributed by atoms with E-state index in [9.17, 15) is 18.3 Å². The predicted molar refractivity (Wildman–Crippen MR) is 74.3 cm³/mol. The summed E-state index contributed by atoms with van der Waals surface area (Å²) in [6.45, 7) is -0.0570. The van der Waals surface area contributed by atoms with Gasteiger partial charge in [-0.3, -0.25) is 0 Å². The highest BCUT2D eigenvalue weighted by Crippen LogP contribution is 2.25. The molecule has 0 spiro atoms. The summed E-state index contributed by atoms with van der Waals surface area (Å²) in [5.74, 6) is -1.25. The van der Waals surface area contributed by atoms with Gasteiger partial charge >= 0.3 is 5.97 Å². The van der Waals surface area contributed by atoms with Crippen LogP contribution in [0.4, 0.5) is 0 Å². The minimum absolute atomic E-state index is 0.0570. The molecule has 0 bridgehead atoms. The van der Waals surface area contributed by atoms with Crippen LogP contribution in [0.1, 0.15) is 36.0 Å². The monoisotopic (exact) mass is 314 g/mol. The summed E-state index contributed by atoms with van der Waals surface area (Å²) in [6.07, 6.45) is 4.37. The van der Waals surface area contributed by atoms with Gasteiger partial charge in [0.05, 0.1) is 5.56 Å². The van der Waals surface area contributed by atoms with Crippen LogP contribution < -0.4 is 4.72 Å². The fraction of sp³-hybridized carbons (Fsp3) is 0.538. The van der Waals surface area contributed by atoms with Gasteiger partial charge in [-0.25, -0.2) is 22.9 Å². The molecule has 1 aliphatic rings. The van der Waals surface area contributed by atoms with Crippen LogP contribution in [0.2, 0.25) is 0 Å². The Hall–Kier alpha value is -1.51. The van der Waals surface area contributed by atoms with Crippen molar-refractivity contribution in [2.45, 2.75) is 36.8 Å². The molecule has 3 N–H and O–H groups in total. The van der Waals surface area contributed by atoms with Crippen molar-refractivity contribution in [1.29, 1.82) is 0 Å². The second-order valence-electron chi connectivity index (χ2n) is 5.15. The first-order valence-corrected chi connectivity index (χ1v) is 8.25. The van der Waals surface area contributed by atoms with Gasteiger partial charge in [0.1, 0.15) is 0 Å². The van der Waals surface area contributed by atoms with E-state index in [-0.39, 0.29) is 29.2 Å². The topological polar surface area (TPSA) is 117 Å². The number of sulfonamides is 1. The third-order valence-corrected chi connectivity index (χ3v) is 5.11. The van der Waals surface area contributed by atoms with Crippen molar-refractivity contribution in [3.05, 3.63) is 23.9 Å². The van der Waals surface area contributed by atoms with Crippen LogP contribution in [0.25, 0.3) is 0 Å². The van der Waals surface area contributed by atoms with Gasteiger partial charge in [-0.05, 0) is 30.9 Å². The van der Waals surface area contributed by atoms with E-state index in [2.05, 4.69) is 9.71 Å². The van der Waals surface area contributed by atoms with Gasteiger partial charge in [0, 0.05) is 18.8 Å². The minimum atomic E-state index is -3.81. The molecule has 1 aliphatic carbocycles. The number of carboxylic acid groups (broad SMARTS) is 1. The summed E-state index contributed by atoms with van der Waals surface area (Å²) in [4.78, 5) is 14.4. The van der Waals surface area contributed by atoms with Crippen LogP contribution >= 0.6 is 0 Å². The van der Waals surface area contributed by atoms with Crippen LogP contribution in [0.5, 0.6) is 0 Å². The van der Waals surface area contributed by atoms with Crippen molar-refractivity contribution in [2.24, 2.45) is 5.92 Å². The Morgan fingerprint density at radius 3 is 2.62 bits per heavy atom. The van der Waals surface area contributed by atoms with Gasteiger partial charge in [0.25, 0.3) is 10.0 Å². The molecule has 0 amide bonds. The first kappa shape index (κ1) is 15.9. The third kappa shape index (κ3) is 3.78. The molecule has 2 rings (SSSR count). The van der Waals surface area contributed by atoms with Crippen LogP contribution in [0.3, 0.4) is 0 Å². The molecule has 0 aliphatic heterocycles. The molecular formula is C13H18N2O5S. The van der Waals surface area contributed by atoms with Crippen molar-refractivity contribution in [3.8, 4) is 0 Å².